The molecule has 7 heteroatoms. The van der Waals surface area contributed by atoms with Gasteiger partial charge in [-0.15, -0.1) is 0 Å². The van der Waals surface area contributed by atoms with Gasteiger partial charge < -0.3 is 19.0 Å². The van der Waals surface area contributed by atoms with Crippen molar-refractivity contribution >= 4 is 5.78 Å². The Bertz CT molecular complexity index is 952. The smallest absolute Gasteiger partial charge is 0.340 e. The van der Waals surface area contributed by atoms with Crippen molar-refractivity contribution in [2.24, 2.45) is 0 Å². The fourth-order valence-corrected chi connectivity index (χ4v) is 2.14. The Labute approximate surface area is 134 Å². The lowest BCUT2D eigenvalue weighted by Gasteiger charge is -2.02. The number of benzene rings is 1. The summed E-state index contributed by atoms with van der Waals surface area (Å²) in [5.41, 5.74) is -0.205. The average molecular weight is 330 g/mol. The van der Waals surface area contributed by atoms with Crippen molar-refractivity contribution in [2.45, 2.75) is 6.42 Å². The van der Waals surface area contributed by atoms with Crippen LogP contribution in [0.2, 0.25) is 0 Å². The minimum Gasteiger partial charge on any atom is -0.504 e. The van der Waals surface area contributed by atoms with E-state index >= 15 is 0 Å². The van der Waals surface area contributed by atoms with E-state index < -0.39 is 28.7 Å². The van der Waals surface area contributed by atoms with E-state index in [9.17, 15) is 24.2 Å². The molecule has 0 spiro atoms. The molecule has 3 aromatic rings. The summed E-state index contributed by atoms with van der Waals surface area (Å²) in [6.45, 7) is 0. The standard InChI is InChI=1S/C17H11FO6/c18-10-3-1-9(2-4-10)7-11-5-6-13(23-11)16(22)17-15(21)12(19)8-14(20)24-17/h1-6,8,19,21H,7H2. The number of carbonyl (C=O) groups is 1. The van der Waals surface area contributed by atoms with Crippen LogP contribution in [0, 0.1) is 5.82 Å². The number of aromatic hydroxyl groups is 2. The third kappa shape index (κ3) is 3.05. The second-order valence-electron chi connectivity index (χ2n) is 5.03. The third-order valence-corrected chi connectivity index (χ3v) is 3.30. The number of hydrogen-bond acceptors (Lipinski definition) is 6. The van der Waals surface area contributed by atoms with Crippen molar-refractivity contribution < 1.29 is 28.2 Å². The summed E-state index contributed by atoms with van der Waals surface area (Å²) in [5, 5.41) is 19.0. The van der Waals surface area contributed by atoms with Gasteiger partial charge in [0.05, 0.1) is 6.07 Å². The molecule has 0 saturated heterocycles. The Balaban J connectivity index is 1.86. The van der Waals surface area contributed by atoms with Crippen molar-refractivity contribution in [3.8, 4) is 11.5 Å². The summed E-state index contributed by atoms with van der Waals surface area (Å²) < 4.78 is 22.9. The quantitative estimate of drug-likeness (QED) is 0.713. The molecule has 0 unspecified atom stereocenters. The van der Waals surface area contributed by atoms with Crippen LogP contribution in [-0.4, -0.2) is 16.0 Å². The van der Waals surface area contributed by atoms with Crippen LogP contribution in [-0.2, 0) is 6.42 Å². The Morgan fingerprint density at radius 2 is 1.75 bits per heavy atom. The largest absolute Gasteiger partial charge is 0.504 e. The molecule has 0 aliphatic heterocycles. The molecule has 2 N–H and O–H groups in total. The van der Waals surface area contributed by atoms with Gasteiger partial charge in [0, 0.05) is 6.42 Å². The molecule has 122 valence electrons. The van der Waals surface area contributed by atoms with Gasteiger partial charge in [-0.05, 0) is 29.8 Å². The first kappa shape index (κ1) is 15.5. The maximum absolute atomic E-state index is 12.9. The van der Waals surface area contributed by atoms with E-state index in [1.807, 2.05) is 0 Å². The summed E-state index contributed by atoms with van der Waals surface area (Å²) >= 11 is 0. The molecule has 0 aliphatic rings. The first-order valence-corrected chi connectivity index (χ1v) is 6.88. The van der Waals surface area contributed by atoms with Gasteiger partial charge in [-0.2, -0.15) is 0 Å². The lowest BCUT2D eigenvalue weighted by Crippen LogP contribution is -2.06. The Morgan fingerprint density at radius 3 is 2.46 bits per heavy atom. The van der Waals surface area contributed by atoms with Gasteiger partial charge in [-0.3, -0.25) is 4.79 Å². The Kier molecular flexibility index (Phi) is 3.91. The van der Waals surface area contributed by atoms with Crippen LogP contribution in [0.1, 0.15) is 27.6 Å². The maximum atomic E-state index is 12.9. The summed E-state index contributed by atoms with van der Waals surface area (Å²) in [6, 6.07) is 9.32. The van der Waals surface area contributed by atoms with Crippen LogP contribution in [0.15, 0.2) is 56.1 Å². The highest BCUT2D eigenvalue weighted by atomic mass is 19.1. The lowest BCUT2D eigenvalue weighted by atomic mass is 10.1. The van der Waals surface area contributed by atoms with E-state index in [2.05, 4.69) is 4.42 Å². The predicted molar refractivity (Wildman–Crippen MR) is 79.7 cm³/mol. The SMILES string of the molecule is O=C(c1ccc(Cc2ccc(F)cc2)o1)c1oc(=O)cc(O)c1O. The zero-order chi connectivity index (χ0) is 17.3. The second-order valence-corrected chi connectivity index (χ2v) is 5.03. The zero-order valence-electron chi connectivity index (χ0n) is 12.2. The summed E-state index contributed by atoms with van der Waals surface area (Å²) in [4.78, 5) is 23.5. The van der Waals surface area contributed by atoms with Crippen LogP contribution >= 0.6 is 0 Å². The van der Waals surface area contributed by atoms with Gasteiger partial charge in [-0.25, -0.2) is 9.18 Å². The average Bonchev–Trinajstić information content (AvgIpc) is 3.01. The number of ketones is 1. The predicted octanol–water partition coefficient (Wildman–Crippen LogP) is 2.60. The molecular weight excluding hydrogens is 319 g/mol. The second kappa shape index (κ2) is 6.04. The monoisotopic (exact) mass is 330 g/mol. The maximum Gasteiger partial charge on any atom is 0.340 e. The van der Waals surface area contributed by atoms with Crippen molar-refractivity contribution in [3.63, 3.8) is 0 Å². The van der Waals surface area contributed by atoms with E-state index in [1.165, 1.54) is 24.3 Å². The Hall–Kier alpha value is -3.35. The van der Waals surface area contributed by atoms with Gasteiger partial charge >= 0.3 is 5.63 Å². The summed E-state index contributed by atoms with van der Waals surface area (Å²) in [5.74, 6) is -3.29. The number of carbonyl (C=O) groups excluding carboxylic acids is 1. The summed E-state index contributed by atoms with van der Waals surface area (Å²) in [6.07, 6.45) is 0.323. The van der Waals surface area contributed by atoms with Crippen molar-refractivity contribution in [1.82, 2.24) is 0 Å². The molecular formula is C17H11FO6. The zero-order valence-corrected chi connectivity index (χ0v) is 12.2. The lowest BCUT2D eigenvalue weighted by molar-refractivity contribution is 0.0971. The van der Waals surface area contributed by atoms with Crippen molar-refractivity contribution in [3.05, 3.63) is 81.5 Å². The highest BCUT2D eigenvalue weighted by Crippen LogP contribution is 2.28. The fourth-order valence-electron chi connectivity index (χ4n) is 2.14. The molecule has 0 atom stereocenters. The third-order valence-electron chi connectivity index (χ3n) is 3.30. The fraction of sp³-hybridized carbons (Fsp3) is 0.0588. The molecule has 0 aliphatic carbocycles. The molecule has 0 radical (unpaired) electrons. The topological polar surface area (TPSA) is 101 Å². The molecule has 24 heavy (non-hydrogen) atoms. The van der Waals surface area contributed by atoms with Crippen LogP contribution in [0.5, 0.6) is 11.5 Å². The van der Waals surface area contributed by atoms with Gasteiger partial charge in [0.1, 0.15) is 11.6 Å². The molecule has 1 aromatic carbocycles. The van der Waals surface area contributed by atoms with E-state index in [4.69, 9.17) is 4.42 Å². The molecule has 0 amide bonds. The van der Waals surface area contributed by atoms with E-state index in [-0.39, 0.29) is 11.6 Å². The van der Waals surface area contributed by atoms with Crippen molar-refractivity contribution in [1.29, 1.82) is 0 Å². The van der Waals surface area contributed by atoms with Crippen LogP contribution in [0.3, 0.4) is 0 Å². The minimum atomic E-state index is -0.980. The number of furan rings is 1. The molecule has 3 rings (SSSR count). The van der Waals surface area contributed by atoms with Crippen molar-refractivity contribution in [2.75, 3.05) is 0 Å². The number of rotatable bonds is 4. The molecule has 0 bridgehead atoms. The molecule has 0 saturated carbocycles. The Morgan fingerprint density at radius 1 is 1.04 bits per heavy atom. The van der Waals surface area contributed by atoms with Gasteiger partial charge in [0.15, 0.2) is 11.5 Å². The van der Waals surface area contributed by atoms with Crippen LogP contribution in [0.25, 0.3) is 0 Å². The van der Waals surface area contributed by atoms with E-state index in [1.54, 1.807) is 12.1 Å². The summed E-state index contributed by atoms with van der Waals surface area (Å²) in [7, 11) is 0. The van der Waals surface area contributed by atoms with E-state index in [0.717, 1.165) is 5.56 Å². The normalized spacial score (nSPS) is 10.7. The first-order chi connectivity index (χ1) is 11.4. The number of halogens is 1. The highest BCUT2D eigenvalue weighted by molar-refractivity contribution is 6.07. The first-order valence-electron chi connectivity index (χ1n) is 6.88. The van der Waals surface area contributed by atoms with Gasteiger partial charge in [0.25, 0.3) is 5.78 Å². The highest BCUT2D eigenvalue weighted by Gasteiger charge is 2.23. The number of hydrogen-bond donors (Lipinski definition) is 2. The molecule has 6 nitrogen and oxygen atoms in total. The van der Waals surface area contributed by atoms with E-state index in [0.29, 0.717) is 18.2 Å². The molecule has 2 aromatic heterocycles. The molecule has 0 fully saturated rings. The van der Waals surface area contributed by atoms with Gasteiger partial charge in [-0.1, -0.05) is 12.1 Å². The van der Waals surface area contributed by atoms with Crippen LogP contribution < -0.4 is 5.63 Å². The van der Waals surface area contributed by atoms with Gasteiger partial charge in [0.2, 0.25) is 11.5 Å². The molecule has 2 heterocycles. The minimum absolute atomic E-state index is 0.170. The van der Waals surface area contributed by atoms with Crippen LogP contribution in [0.4, 0.5) is 4.39 Å².